The molecule has 0 radical (unpaired) electrons. The number of rotatable bonds is 5. The van der Waals surface area contributed by atoms with Gasteiger partial charge in [-0.1, -0.05) is 17.7 Å². The van der Waals surface area contributed by atoms with Crippen molar-refractivity contribution in [2.24, 2.45) is 5.73 Å². The summed E-state index contributed by atoms with van der Waals surface area (Å²) < 4.78 is 26.7. The Balaban J connectivity index is 3.14. The first kappa shape index (κ1) is 14.0. The number of nitrogens with zero attached hydrogens (tertiary/aromatic N) is 2. The molecule has 0 aliphatic carbocycles. The van der Waals surface area contributed by atoms with Crippen LogP contribution in [0.5, 0.6) is 0 Å². The van der Waals surface area contributed by atoms with E-state index in [1.807, 2.05) is 19.1 Å². The fourth-order valence-electron chi connectivity index (χ4n) is 1.40. The molecule has 96 valence electrons. The molecule has 0 aliphatic heterocycles. The zero-order valence-electron chi connectivity index (χ0n) is 10.4. The molecule has 5 nitrogen and oxygen atoms in total. The lowest BCUT2D eigenvalue weighted by Crippen LogP contribution is -2.42. The molecule has 0 heterocycles. The van der Waals surface area contributed by atoms with Crippen LogP contribution in [-0.4, -0.2) is 39.9 Å². The Morgan fingerprint density at radius 3 is 2.12 bits per heavy atom. The Morgan fingerprint density at radius 2 is 1.71 bits per heavy atom. The average Bonchev–Trinajstić information content (AvgIpc) is 2.27. The van der Waals surface area contributed by atoms with Crippen LogP contribution in [0.15, 0.2) is 24.3 Å². The van der Waals surface area contributed by atoms with E-state index in [1.165, 1.54) is 22.7 Å². The van der Waals surface area contributed by atoms with Gasteiger partial charge in [0.1, 0.15) is 0 Å². The first-order valence-electron chi connectivity index (χ1n) is 5.36. The van der Waals surface area contributed by atoms with Crippen LogP contribution < -0.4 is 10.0 Å². The van der Waals surface area contributed by atoms with Crippen molar-refractivity contribution >= 4 is 15.9 Å². The van der Waals surface area contributed by atoms with Crippen molar-refractivity contribution in [3.05, 3.63) is 29.8 Å². The Labute approximate surface area is 103 Å². The second-order valence-corrected chi connectivity index (χ2v) is 6.05. The molecule has 0 atom stereocenters. The summed E-state index contributed by atoms with van der Waals surface area (Å²) in [5, 5.41) is 0. The Bertz CT molecular complexity index is 454. The van der Waals surface area contributed by atoms with Crippen molar-refractivity contribution in [2.45, 2.75) is 6.92 Å². The molecule has 0 aromatic heterocycles. The molecule has 0 aliphatic rings. The van der Waals surface area contributed by atoms with Gasteiger partial charge in [-0.05, 0) is 19.1 Å². The Morgan fingerprint density at radius 1 is 1.18 bits per heavy atom. The van der Waals surface area contributed by atoms with Gasteiger partial charge >= 0.3 is 10.2 Å². The van der Waals surface area contributed by atoms with E-state index < -0.39 is 10.2 Å². The van der Waals surface area contributed by atoms with Crippen LogP contribution >= 0.6 is 0 Å². The smallest absolute Gasteiger partial charge is 0.303 e. The number of benzene rings is 1. The molecule has 1 aromatic carbocycles. The highest BCUT2D eigenvalue weighted by atomic mass is 32.2. The standard InChI is InChI=1S/C11H19N3O2S/c1-10-4-6-11(7-5-10)14(9-8-12)17(15,16)13(2)3/h4-7H,8-9,12H2,1-3H3. The summed E-state index contributed by atoms with van der Waals surface area (Å²) >= 11 is 0. The van der Waals surface area contributed by atoms with Crippen molar-refractivity contribution < 1.29 is 8.42 Å². The van der Waals surface area contributed by atoms with E-state index >= 15 is 0 Å². The van der Waals surface area contributed by atoms with Gasteiger partial charge in [0, 0.05) is 27.2 Å². The zero-order valence-corrected chi connectivity index (χ0v) is 11.2. The van der Waals surface area contributed by atoms with E-state index in [1.54, 1.807) is 12.1 Å². The Kier molecular flexibility index (Phi) is 4.50. The molecule has 1 rings (SSSR count). The lowest BCUT2D eigenvalue weighted by Gasteiger charge is -2.27. The summed E-state index contributed by atoms with van der Waals surface area (Å²) in [6, 6.07) is 7.33. The van der Waals surface area contributed by atoms with Crippen LogP contribution in [0.25, 0.3) is 0 Å². The number of aryl methyl sites for hydroxylation is 1. The van der Waals surface area contributed by atoms with E-state index in [4.69, 9.17) is 5.73 Å². The molecule has 0 amide bonds. The van der Waals surface area contributed by atoms with E-state index in [0.29, 0.717) is 5.69 Å². The number of nitrogens with two attached hydrogens (primary N) is 1. The Hall–Kier alpha value is -1.11. The molecule has 0 spiro atoms. The molecule has 0 unspecified atom stereocenters. The van der Waals surface area contributed by atoms with Crippen molar-refractivity contribution in [3.63, 3.8) is 0 Å². The summed E-state index contributed by atoms with van der Waals surface area (Å²) in [4.78, 5) is 0. The van der Waals surface area contributed by atoms with Crippen molar-refractivity contribution in [1.82, 2.24) is 4.31 Å². The van der Waals surface area contributed by atoms with Gasteiger partial charge in [-0.25, -0.2) is 0 Å². The second-order valence-electron chi connectivity index (χ2n) is 3.99. The van der Waals surface area contributed by atoms with E-state index in [0.717, 1.165) is 5.56 Å². The third-order valence-electron chi connectivity index (χ3n) is 2.39. The van der Waals surface area contributed by atoms with Gasteiger partial charge in [-0.15, -0.1) is 0 Å². The minimum Gasteiger partial charge on any atom is -0.329 e. The molecule has 0 saturated carbocycles. The first-order chi connectivity index (χ1) is 7.89. The van der Waals surface area contributed by atoms with Crippen LogP contribution in [0.3, 0.4) is 0 Å². The fraction of sp³-hybridized carbons (Fsp3) is 0.455. The summed E-state index contributed by atoms with van der Waals surface area (Å²) in [6.45, 7) is 2.50. The second kappa shape index (κ2) is 5.48. The van der Waals surface area contributed by atoms with Crippen LogP contribution in [0, 0.1) is 6.92 Å². The molecule has 6 heteroatoms. The minimum atomic E-state index is -3.48. The van der Waals surface area contributed by atoms with E-state index in [9.17, 15) is 8.42 Å². The van der Waals surface area contributed by atoms with Crippen molar-refractivity contribution in [2.75, 3.05) is 31.5 Å². The van der Waals surface area contributed by atoms with Crippen molar-refractivity contribution in [3.8, 4) is 0 Å². The van der Waals surface area contributed by atoms with Crippen LogP contribution in [0.1, 0.15) is 5.56 Å². The predicted molar refractivity (Wildman–Crippen MR) is 70.2 cm³/mol. The third kappa shape index (κ3) is 3.18. The highest BCUT2D eigenvalue weighted by molar-refractivity contribution is 7.90. The number of anilines is 1. The van der Waals surface area contributed by atoms with Crippen LogP contribution in [0.2, 0.25) is 0 Å². The van der Waals surface area contributed by atoms with E-state index in [2.05, 4.69) is 0 Å². The molecule has 17 heavy (non-hydrogen) atoms. The third-order valence-corrected chi connectivity index (χ3v) is 4.27. The molecule has 0 saturated heterocycles. The maximum absolute atomic E-state index is 12.1. The van der Waals surface area contributed by atoms with Gasteiger partial charge in [-0.2, -0.15) is 12.7 Å². The van der Waals surface area contributed by atoms with Gasteiger partial charge in [0.25, 0.3) is 0 Å². The SMILES string of the molecule is Cc1ccc(N(CCN)S(=O)(=O)N(C)C)cc1. The van der Waals surface area contributed by atoms with Gasteiger partial charge in [0.05, 0.1) is 5.69 Å². The molecule has 0 bridgehead atoms. The fourth-order valence-corrected chi connectivity index (χ4v) is 2.52. The summed E-state index contributed by atoms with van der Waals surface area (Å²) in [6.07, 6.45) is 0. The van der Waals surface area contributed by atoms with Crippen LogP contribution in [0.4, 0.5) is 5.69 Å². The summed E-state index contributed by atoms with van der Waals surface area (Å²) in [5.41, 5.74) is 7.19. The molecule has 2 N–H and O–H groups in total. The lowest BCUT2D eigenvalue weighted by atomic mass is 10.2. The maximum Gasteiger partial charge on any atom is 0.303 e. The summed E-state index contributed by atoms with van der Waals surface area (Å²) in [7, 11) is -0.466. The first-order valence-corrected chi connectivity index (χ1v) is 6.76. The quantitative estimate of drug-likeness (QED) is 0.838. The molecule has 0 fully saturated rings. The number of hydrogen-bond donors (Lipinski definition) is 1. The largest absolute Gasteiger partial charge is 0.329 e. The van der Waals surface area contributed by atoms with Crippen molar-refractivity contribution in [1.29, 1.82) is 0 Å². The van der Waals surface area contributed by atoms with Gasteiger partial charge in [0.15, 0.2) is 0 Å². The molecule has 1 aromatic rings. The van der Waals surface area contributed by atoms with Gasteiger partial charge < -0.3 is 5.73 Å². The monoisotopic (exact) mass is 257 g/mol. The van der Waals surface area contributed by atoms with Crippen LogP contribution in [-0.2, 0) is 10.2 Å². The average molecular weight is 257 g/mol. The van der Waals surface area contributed by atoms with Gasteiger partial charge in [-0.3, -0.25) is 4.31 Å². The molecular weight excluding hydrogens is 238 g/mol. The molecular formula is C11H19N3O2S. The number of hydrogen-bond acceptors (Lipinski definition) is 3. The summed E-state index contributed by atoms with van der Waals surface area (Å²) in [5.74, 6) is 0. The lowest BCUT2D eigenvalue weighted by molar-refractivity contribution is 0.515. The van der Waals surface area contributed by atoms with Gasteiger partial charge in [0.2, 0.25) is 0 Å². The topological polar surface area (TPSA) is 66.6 Å². The van der Waals surface area contributed by atoms with E-state index in [-0.39, 0.29) is 13.1 Å². The maximum atomic E-state index is 12.1. The highest BCUT2D eigenvalue weighted by Gasteiger charge is 2.23. The highest BCUT2D eigenvalue weighted by Crippen LogP contribution is 2.19. The predicted octanol–water partition coefficient (Wildman–Crippen LogP) is 0.567. The minimum absolute atomic E-state index is 0.267. The normalized spacial score (nSPS) is 11.8. The zero-order chi connectivity index (χ0) is 13.1.